The van der Waals surface area contributed by atoms with E-state index in [9.17, 15) is 4.79 Å². The molecule has 0 saturated heterocycles. The van der Waals surface area contributed by atoms with Gasteiger partial charge in [-0.25, -0.2) is 0 Å². The SMILES string of the molecule is Cc1ccc(CN(C)CC2(C=O)CCCCC2)cc1. The highest BCUT2D eigenvalue weighted by molar-refractivity contribution is 5.60. The number of hydrogen-bond donors (Lipinski definition) is 0. The Hall–Kier alpha value is -1.15. The van der Waals surface area contributed by atoms with E-state index < -0.39 is 0 Å². The van der Waals surface area contributed by atoms with Gasteiger partial charge in [0.2, 0.25) is 0 Å². The van der Waals surface area contributed by atoms with E-state index in [4.69, 9.17) is 0 Å². The molecule has 0 aliphatic heterocycles. The van der Waals surface area contributed by atoms with Crippen LogP contribution in [-0.2, 0) is 11.3 Å². The van der Waals surface area contributed by atoms with Crippen molar-refractivity contribution >= 4 is 6.29 Å². The first-order valence-electron chi connectivity index (χ1n) is 7.34. The summed E-state index contributed by atoms with van der Waals surface area (Å²) >= 11 is 0. The van der Waals surface area contributed by atoms with Crippen LogP contribution in [0, 0.1) is 12.3 Å². The van der Waals surface area contributed by atoms with E-state index in [-0.39, 0.29) is 5.41 Å². The van der Waals surface area contributed by atoms with Gasteiger partial charge in [-0.3, -0.25) is 0 Å². The highest BCUT2D eigenvalue weighted by Crippen LogP contribution is 2.35. The molecule has 0 heterocycles. The van der Waals surface area contributed by atoms with Crippen LogP contribution in [0.2, 0.25) is 0 Å². The number of aryl methyl sites for hydroxylation is 1. The largest absolute Gasteiger partial charge is 0.303 e. The van der Waals surface area contributed by atoms with E-state index in [1.54, 1.807) is 0 Å². The summed E-state index contributed by atoms with van der Waals surface area (Å²) in [5.41, 5.74) is 2.53. The first-order chi connectivity index (χ1) is 9.13. The zero-order chi connectivity index (χ0) is 13.7. The average molecular weight is 259 g/mol. The first kappa shape index (κ1) is 14.3. The summed E-state index contributed by atoms with van der Waals surface area (Å²) in [4.78, 5) is 13.8. The second-order valence-corrected chi connectivity index (χ2v) is 6.20. The summed E-state index contributed by atoms with van der Waals surface area (Å²) in [5, 5.41) is 0. The molecule has 0 N–H and O–H groups in total. The van der Waals surface area contributed by atoms with Crippen LogP contribution in [0.25, 0.3) is 0 Å². The maximum atomic E-state index is 11.5. The molecule has 104 valence electrons. The predicted octanol–water partition coefficient (Wildman–Crippen LogP) is 3.58. The molecule has 1 aromatic rings. The van der Waals surface area contributed by atoms with Gasteiger partial charge in [0, 0.05) is 18.5 Å². The van der Waals surface area contributed by atoms with Crippen LogP contribution in [0.3, 0.4) is 0 Å². The maximum Gasteiger partial charge on any atom is 0.127 e. The Labute approximate surface area is 116 Å². The smallest absolute Gasteiger partial charge is 0.127 e. The van der Waals surface area contributed by atoms with Crippen molar-refractivity contribution in [3.05, 3.63) is 35.4 Å². The molecule has 1 saturated carbocycles. The number of rotatable bonds is 5. The Morgan fingerprint density at radius 2 is 1.79 bits per heavy atom. The fourth-order valence-electron chi connectivity index (χ4n) is 3.17. The van der Waals surface area contributed by atoms with E-state index >= 15 is 0 Å². The molecule has 1 aromatic carbocycles. The van der Waals surface area contributed by atoms with Crippen molar-refractivity contribution in [2.45, 2.75) is 45.6 Å². The van der Waals surface area contributed by atoms with E-state index in [0.717, 1.165) is 25.9 Å². The Morgan fingerprint density at radius 3 is 2.37 bits per heavy atom. The van der Waals surface area contributed by atoms with E-state index in [1.807, 2.05) is 0 Å². The molecule has 2 heteroatoms. The number of carbonyl (C=O) groups is 1. The lowest BCUT2D eigenvalue weighted by Gasteiger charge is -2.35. The lowest BCUT2D eigenvalue weighted by atomic mass is 9.75. The molecule has 0 amide bonds. The van der Waals surface area contributed by atoms with Gasteiger partial charge in [-0.15, -0.1) is 0 Å². The molecular weight excluding hydrogens is 234 g/mol. The number of hydrogen-bond acceptors (Lipinski definition) is 2. The van der Waals surface area contributed by atoms with Gasteiger partial charge in [0.05, 0.1) is 0 Å². The molecule has 0 spiro atoms. The first-order valence-corrected chi connectivity index (χ1v) is 7.34. The predicted molar refractivity (Wildman–Crippen MR) is 79.1 cm³/mol. The summed E-state index contributed by atoms with van der Waals surface area (Å²) < 4.78 is 0. The minimum absolute atomic E-state index is 0.0856. The average Bonchev–Trinajstić information content (AvgIpc) is 2.42. The molecule has 0 aromatic heterocycles. The number of aldehydes is 1. The molecule has 0 atom stereocenters. The molecule has 1 fully saturated rings. The van der Waals surface area contributed by atoms with Crippen LogP contribution in [-0.4, -0.2) is 24.8 Å². The van der Waals surface area contributed by atoms with Gasteiger partial charge < -0.3 is 9.69 Å². The third kappa shape index (κ3) is 3.90. The number of carbonyl (C=O) groups excluding carboxylic acids is 1. The topological polar surface area (TPSA) is 20.3 Å². The normalized spacial score (nSPS) is 18.5. The van der Waals surface area contributed by atoms with Crippen LogP contribution in [0.5, 0.6) is 0 Å². The monoisotopic (exact) mass is 259 g/mol. The Balaban J connectivity index is 1.94. The summed E-state index contributed by atoms with van der Waals surface area (Å²) in [6.07, 6.45) is 7.05. The molecule has 0 unspecified atom stereocenters. The third-order valence-corrected chi connectivity index (χ3v) is 4.26. The summed E-state index contributed by atoms with van der Waals surface area (Å²) in [7, 11) is 2.12. The quantitative estimate of drug-likeness (QED) is 0.753. The molecule has 2 rings (SSSR count). The van der Waals surface area contributed by atoms with E-state index in [0.29, 0.717) is 0 Å². The second-order valence-electron chi connectivity index (χ2n) is 6.20. The molecule has 2 nitrogen and oxygen atoms in total. The number of nitrogens with zero attached hydrogens (tertiary/aromatic N) is 1. The molecule has 1 aliphatic carbocycles. The lowest BCUT2D eigenvalue weighted by Crippen LogP contribution is -2.38. The van der Waals surface area contributed by atoms with Gasteiger partial charge in [-0.05, 0) is 32.4 Å². The summed E-state index contributed by atoms with van der Waals surface area (Å²) in [6, 6.07) is 8.67. The maximum absolute atomic E-state index is 11.5. The van der Waals surface area contributed by atoms with Crippen LogP contribution < -0.4 is 0 Å². The Kier molecular flexibility index (Phi) is 4.76. The number of benzene rings is 1. The van der Waals surface area contributed by atoms with Crippen molar-refractivity contribution in [2.75, 3.05) is 13.6 Å². The molecule has 0 radical (unpaired) electrons. The van der Waals surface area contributed by atoms with Crippen molar-refractivity contribution in [3.63, 3.8) is 0 Å². The van der Waals surface area contributed by atoms with Gasteiger partial charge in [-0.1, -0.05) is 49.1 Å². The molecule has 19 heavy (non-hydrogen) atoms. The van der Waals surface area contributed by atoms with Gasteiger partial charge in [0.15, 0.2) is 0 Å². The fourth-order valence-corrected chi connectivity index (χ4v) is 3.17. The van der Waals surface area contributed by atoms with Gasteiger partial charge in [-0.2, -0.15) is 0 Å². The standard InChI is InChI=1S/C17H25NO/c1-15-6-8-16(9-7-15)12-18(2)13-17(14-19)10-4-3-5-11-17/h6-9,14H,3-5,10-13H2,1-2H3. The highest BCUT2D eigenvalue weighted by atomic mass is 16.1. The fraction of sp³-hybridized carbons (Fsp3) is 0.588. The highest BCUT2D eigenvalue weighted by Gasteiger charge is 2.32. The summed E-state index contributed by atoms with van der Waals surface area (Å²) in [5.74, 6) is 0. The van der Waals surface area contributed by atoms with Crippen LogP contribution in [0.1, 0.15) is 43.2 Å². The van der Waals surface area contributed by atoms with Crippen molar-refractivity contribution in [1.82, 2.24) is 4.90 Å². The van der Waals surface area contributed by atoms with Crippen molar-refractivity contribution < 1.29 is 4.79 Å². The van der Waals surface area contributed by atoms with E-state index in [1.165, 1.54) is 36.7 Å². The Bertz CT molecular complexity index is 404. The van der Waals surface area contributed by atoms with Gasteiger partial charge >= 0.3 is 0 Å². The lowest BCUT2D eigenvalue weighted by molar-refractivity contribution is -0.119. The van der Waals surface area contributed by atoms with E-state index in [2.05, 4.69) is 43.1 Å². The molecule has 1 aliphatic rings. The summed E-state index contributed by atoms with van der Waals surface area (Å²) in [6.45, 7) is 3.93. The minimum Gasteiger partial charge on any atom is -0.303 e. The molecular formula is C17H25NO. The minimum atomic E-state index is -0.0856. The van der Waals surface area contributed by atoms with Gasteiger partial charge in [0.25, 0.3) is 0 Å². The van der Waals surface area contributed by atoms with Crippen molar-refractivity contribution in [2.24, 2.45) is 5.41 Å². The van der Waals surface area contributed by atoms with Gasteiger partial charge in [0.1, 0.15) is 6.29 Å². The van der Waals surface area contributed by atoms with Crippen molar-refractivity contribution in [3.8, 4) is 0 Å². The van der Waals surface area contributed by atoms with Crippen LogP contribution in [0.4, 0.5) is 0 Å². The van der Waals surface area contributed by atoms with Crippen molar-refractivity contribution in [1.29, 1.82) is 0 Å². The zero-order valence-electron chi connectivity index (χ0n) is 12.2. The second kappa shape index (κ2) is 6.33. The molecule has 0 bridgehead atoms. The van der Waals surface area contributed by atoms with Crippen LogP contribution in [0.15, 0.2) is 24.3 Å². The Morgan fingerprint density at radius 1 is 1.16 bits per heavy atom. The third-order valence-electron chi connectivity index (χ3n) is 4.26. The van der Waals surface area contributed by atoms with Crippen LogP contribution >= 0.6 is 0 Å². The zero-order valence-corrected chi connectivity index (χ0v) is 12.2.